The smallest absolute Gasteiger partial charge is 0.217 e. The highest BCUT2D eigenvalue weighted by atomic mass is 16.1. The van der Waals surface area contributed by atoms with Crippen molar-refractivity contribution in [3.05, 3.63) is 72.6 Å². The lowest BCUT2D eigenvalue weighted by molar-refractivity contribution is -0.118. The fourth-order valence-electron chi connectivity index (χ4n) is 3.62. The topological polar surface area (TPSA) is 109 Å². The summed E-state index contributed by atoms with van der Waals surface area (Å²) in [5.41, 5.74) is 10.3. The summed E-state index contributed by atoms with van der Waals surface area (Å²) in [4.78, 5) is 23.0. The van der Waals surface area contributed by atoms with Gasteiger partial charge in [-0.25, -0.2) is 9.97 Å². The van der Waals surface area contributed by atoms with Gasteiger partial charge in [0, 0.05) is 30.9 Å². The molecule has 0 aliphatic heterocycles. The van der Waals surface area contributed by atoms with Gasteiger partial charge >= 0.3 is 0 Å². The summed E-state index contributed by atoms with van der Waals surface area (Å²) in [5.74, 6) is 0.589. The van der Waals surface area contributed by atoms with Crippen LogP contribution in [0.4, 0.5) is 11.5 Å². The number of rotatable bonds is 11. The number of benzene rings is 2. The molecule has 164 valence electrons. The molecular weight excluding hydrogens is 400 g/mol. The van der Waals surface area contributed by atoms with Crippen molar-refractivity contribution >= 4 is 28.4 Å². The summed E-state index contributed by atoms with van der Waals surface area (Å²) in [5, 5.41) is 7.80. The SMILES string of the molecule is NC(=O)CCCCCNc1ccc(-c2cc3c(NCc4ccccc4)ncnc3[nH]2)cc1. The molecule has 0 spiro atoms. The molecule has 0 bridgehead atoms. The Bertz CT molecular complexity index is 1150. The van der Waals surface area contributed by atoms with Gasteiger partial charge in [0.2, 0.25) is 5.91 Å². The van der Waals surface area contributed by atoms with Gasteiger partial charge in [0.1, 0.15) is 17.8 Å². The van der Waals surface area contributed by atoms with Crippen LogP contribution in [-0.4, -0.2) is 27.4 Å². The second kappa shape index (κ2) is 10.4. The monoisotopic (exact) mass is 428 g/mol. The summed E-state index contributed by atoms with van der Waals surface area (Å²) in [7, 11) is 0. The molecule has 0 aliphatic carbocycles. The Morgan fingerprint density at radius 3 is 2.53 bits per heavy atom. The Hall–Kier alpha value is -3.87. The van der Waals surface area contributed by atoms with Gasteiger partial charge in [-0.1, -0.05) is 48.9 Å². The molecule has 32 heavy (non-hydrogen) atoms. The maximum Gasteiger partial charge on any atom is 0.217 e. The average molecular weight is 429 g/mol. The fourth-order valence-corrected chi connectivity index (χ4v) is 3.62. The Balaban J connectivity index is 1.37. The quantitative estimate of drug-likeness (QED) is 0.259. The lowest BCUT2D eigenvalue weighted by Gasteiger charge is -2.07. The number of nitrogens with two attached hydrogens (primary N) is 1. The molecule has 2 aromatic carbocycles. The van der Waals surface area contributed by atoms with Crippen LogP contribution in [0.5, 0.6) is 0 Å². The predicted octanol–water partition coefficient (Wildman–Crippen LogP) is 4.69. The number of unbranched alkanes of at least 4 members (excludes halogenated alkanes) is 2. The van der Waals surface area contributed by atoms with Crippen LogP contribution in [0.3, 0.4) is 0 Å². The van der Waals surface area contributed by atoms with Crippen molar-refractivity contribution in [3.8, 4) is 11.3 Å². The fraction of sp³-hybridized carbons (Fsp3) is 0.240. The second-order valence-corrected chi connectivity index (χ2v) is 7.79. The number of amides is 1. The Labute approximate surface area is 187 Å². The van der Waals surface area contributed by atoms with Crippen molar-refractivity contribution in [2.45, 2.75) is 32.2 Å². The molecule has 7 heteroatoms. The van der Waals surface area contributed by atoms with E-state index >= 15 is 0 Å². The van der Waals surface area contributed by atoms with Crippen LogP contribution in [0.1, 0.15) is 31.2 Å². The third-order valence-corrected chi connectivity index (χ3v) is 5.35. The number of hydrogen-bond donors (Lipinski definition) is 4. The van der Waals surface area contributed by atoms with Crippen LogP contribution in [0.25, 0.3) is 22.3 Å². The summed E-state index contributed by atoms with van der Waals surface area (Å²) in [6.07, 6.45) is 4.89. The first kappa shape index (κ1) is 21.4. The number of H-pyrrole nitrogens is 1. The molecule has 0 unspecified atom stereocenters. The van der Waals surface area contributed by atoms with Crippen LogP contribution >= 0.6 is 0 Å². The minimum absolute atomic E-state index is 0.226. The zero-order valence-electron chi connectivity index (χ0n) is 18.0. The van der Waals surface area contributed by atoms with E-state index in [1.165, 1.54) is 5.56 Å². The zero-order valence-corrected chi connectivity index (χ0v) is 18.0. The summed E-state index contributed by atoms with van der Waals surface area (Å²) in [6.45, 7) is 1.58. The second-order valence-electron chi connectivity index (χ2n) is 7.79. The van der Waals surface area contributed by atoms with E-state index in [4.69, 9.17) is 5.73 Å². The highest BCUT2D eigenvalue weighted by molar-refractivity contribution is 5.91. The lowest BCUT2D eigenvalue weighted by Crippen LogP contribution is -2.10. The molecule has 4 rings (SSSR count). The van der Waals surface area contributed by atoms with E-state index in [0.717, 1.165) is 59.6 Å². The number of nitrogens with zero attached hydrogens (tertiary/aromatic N) is 2. The van der Waals surface area contributed by atoms with Crippen molar-refractivity contribution in [1.82, 2.24) is 15.0 Å². The van der Waals surface area contributed by atoms with Crippen molar-refractivity contribution < 1.29 is 4.79 Å². The Morgan fingerprint density at radius 2 is 1.75 bits per heavy atom. The maximum absolute atomic E-state index is 10.8. The first-order valence-corrected chi connectivity index (χ1v) is 10.9. The van der Waals surface area contributed by atoms with Gasteiger partial charge in [0.05, 0.1) is 5.39 Å². The number of aromatic amines is 1. The first-order valence-electron chi connectivity index (χ1n) is 10.9. The number of carbonyl (C=O) groups excluding carboxylic acids is 1. The molecule has 2 aromatic heterocycles. The Kier molecular flexibility index (Phi) is 6.97. The van der Waals surface area contributed by atoms with E-state index in [9.17, 15) is 4.79 Å². The number of primary amides is 1. The highest BCUT2D eigenvalue weighted by Gasteiger charge is 2.09. The van der Waals surface area contributed by atoms with E-state index in [1.54, 1.807) is 6.33 Å². The van der Waals surface area contributed by atoms with E-state index in [0.29, 0.717) is 13.0 Å². The van der Waals surface area contributed by atoms with Crippen molar-refractivity contribution in [1.29, 1.82) is 0 Å². The molecule has 0 atom stereocenters. The molecule has 0 saturated carbocycles. The molecule has 7 nitrogen and oxygen atoms in total. The number of aromatic nitrogens is 3. The number of fused-ring (bicyclic) bond motifs is 1. The standard InChI is InChI=1S/C25H28N6O/c26-23(32)9-5-2-6-14-27-20-12-10-19(11-13-20)22-15-21-24(29-17-30-25(21)31-22)28-16-18-7-3-1-4-8-18/h1,3-4,7-8,10-13,15,17,27H,2,5-6,9,14,16H2,(H2,26,32)(H2,28,29,30,31). The van der Waals surface area contributed by atoms with Gasteiger partial charge < -0.3 is 21.4 Å². The number of carbonyl (C=O) groups is 1. The molecule has 0 saturated heterocycles. The van der Waals surface area contributed by atoms with Gasteiger partial charge in [-0.15, -0.1) is 0 Å². The normalized spacial score (nSPS) is 10.9. The third-order valence-electron chi connectivity index (χ3n) is 5.35. The van der Waals surface area contributed by atoms with Crippen LogP contribution in [0, 0.1) is 0 Å². The van der Waals surface area contributed by atoms with E-state index in [-0.39, 0.29) is 5.91 Å². The third kappa shape index (κ3) is 5.63. The van der Waals surface area contributed by atoms with Crippen LogP contribution in [0.2, 0.25) is 0 Å². The maximum atomic E-state index is 10.8. The number of hydrogen-bond acceptors (Lipinski definition) is 5. The molecular formula is C25H28N6O. The van der Waals surface area contributed by atoms with Gasteiger partial charge in [0.15, 0.2) is 0 Å². The van der Waals surface area contributed by atoms with Gasteiger partial charge in [-0.2, -0.15) is 0 Å². The Morgan fingerprint density at radius 1 is 0.938 bits per heavy atom. The van der Waals surface area contributed by atoms with E-state index in [1.807, 2.05) is 18.2 Å². The molecule has 1 amide bonds. The molecule has 5 N–H and O–H groups in total. The molecule has 0 aliphatic rings. The molecule has 4 aromatic rings. The molecule has 2 heterocycles. The number of nitrogens with one attached hydrogen (secondary N) is 3. The van der Waals surface area contributed by atoms with Crippen molar-refractivity contribution in [2.75, 3.05) is 17.2 Å². The van der Waals surface area contributed by atoms with Gasteiger partial charge in [-0.3, -0.25) is 4.79 Å². The summed E-state index contributed by atoms with van der Waals surface area (Å²) in [6, 6.07) is 20.7. The largest absolute Gasteiger partial charge is 0.385 e. The highest BCUT2D eigenvalue weighted by Crippen LogP contribution is 2.27. The minimum Gasteiger partial charge on any atom is -0.385 e. The predicted molar refractivity (Wildman–Crippen MR) is 129 cm³/mol. The van der Waals surface area contributed by atoms with Gasteiger partial charge in [-0.05, 0) is 42.2 Å². The van der Waals surface area contributed by atoms with E-state index in [2.05, 4.69) is 68.1 Å². The van der Waals surface area contributed by atoms with E-state index < -0.39 is 0 Å². The summed E-state index contributed by atoms with van der Waals surface area (Å²) < 4.78 is 0. The molecule has 0 fully saturated rings. The minimum atomic E-state index is -0.226. The first-order chi connectivity index (χ1) is 15.7. The average Bonchev–Trinajstić information content (AvgIpc) is 3.26. The van der Waals surface area contributed by atoms with Crippen molar-refractivity contribution in [3.63, 3.8) is 0 Å². The van der Waals surface area contributed by atoms with Crippen molar-refractivity contribution in [2.24, 2.45) is 5.73 Å². The van der Waals surface area contributed by atoms with Gasteiger partial charge in [0.25, 0.3) is 0 Å². The lowest BCUT2D eigenvalue weighted by atomic mass is 10.1. The van der Waals surface area contributed by atoms with Crippen LogP contribution in [0.15, 0.2) is 67.0 Å². The molecule has 0 radical (unpaired) electrons. The number of anilines is 2. The van der Waals surface area contributed by atoms with Crippen LogP contribution in [-0.2, 0) is 11.3 Å². The zero-order chi connectivity index (χ0) is 22.2. The van der Waals surface area contributed by atoms with Crippen LogP contribution < -0.4 is 16.4 Å². The summed E-state index contributed by atoms with van der Waals surface area (Å²) >= 11 is 0.